The molecule has 158 valence electrons. The number of sulfonamides is 1. The number of carbonyl (C=O) groups excluding carboxylic acids is 1. The lowest BCUT2D eigenvalue weighted by Gasteiger charge is -2.33. The van der Waals surface area contributed by atoms with E-state index in [1.165, 1.54) is 12.1 Å². The van der Waals surface area contributed by atoms with Crippen LogP contribution in [0.4, 0.5) is 10.6 Å². The minimum atomic E-state index is -3.94. The van der Waals surface area contributed by atoms with Gasteiger partial charge in [-0.1, -0.05) is 6.07 Å². The maximum atomic E-state index is 12.9. The van der Waals surface area contributed by atoms with Crippen LogP contribution >= 0.6 is 0 Å². The minimum absolute atomic E-state index is 0.0646. The van der Waals surface area contributed by atoms with E-state index in [2.05, 4.69) is 10.3 Å². The average Bonchev–Trinajstić information content (AvgIpc) is 3.05. The van der Waals surface area contributed by atoms with Gasteiger partial charge in [-0.3, -0.25) is 0 Å². The van der Waals surface area contributed by atoms with Crippen molar-refractivity contribution >= 4 is 21.9 Å². The summed E-state index contributed by atoms with van der Waals surface area (Å²) >= 11 is 0. The zero-order chi connectivity index (χ0) is 26.2. The van der Waals surface area contributed by atoms with Crippen molar-refractivity contribution in [3.63, 3.8) is 0 Å². The molecule has 0 aliphatic carbocycles. The van der Waals surface area contributed by atoms with Gasteiger partial charge in [0, 0.05) is 26.9 Å². The lowest BCUT2D eigenvalue weighted by atomic mass is 9.93. The fourth-order valence-corrected chi connectivity index (χ4v) is 3.52. The number of hydrogen-bond acceptors (Lipinski definition) is 6. The van der Waals surface area contributed by atoms with Crippen molar-refractivity contribution in [2.45, 2.75) is 69.9 Å². The van der Waals surface area contributed by atoms with Crippen molar-refractivity contribution in [2.24, 2.45) is 11.1 Å². The van der Waals surface area contributed by atoms with Crippen molar-refractivity contribution in [2.75, 3.05) is 18.4 Å². The summed E-state index contributed by atoms with van der Waals surface area (Å²) in [5.74, 6) is -0.0912. The maximum absolute atomic E-state index is 12.9. The molecule has 28 heavy (non-hydrogen) atoms. The van der Waals surface area contributed by atoms with E-state index < -0.39 is 41.0 Å². The minimum Gasteiger partial charge on any atom is -0.444 e. The standard InChI is InChI=1S/C19H32N4O4S/c1-18(2,3)27-17(24)23-13-14(12-19(23,4)5)8-7-11-21-15-9-6-10-16(22-15)28(20,25)26/h6,9-10,14H,7-8,11-13H2,1-5H3,(H,21,22)(H2,20,25,26)/t14-/m0/s1/i4D3,5D3. The Morgan fingerprint density at radius 3 is 2.79 bits per heavy atom. The number of pyridine rings is 1. The SMILES string of the molecule is [2H]C([2H])([2H])C1(C([2H])([2H])[2H])C[C@H](CCCNc2cccc(S(N)(=O)=O)n2)CN1C(=O)OC(C)(C)C. The lowest BCUT2D eigenvalue weighted by Crippen LogP contribution is -2.45. The molecule has 1 amide bonds. The predicted octanol–water partition coefficient (Wildman–Crippen LogP) is 2.96. The molecule has 1 saturated heterocycles. The second-order valence-corrected chi connectivity index (χ2v) is 9.50. The number of carbonyl (C=O) groups is 1. The number of ether oxygens (including phenoxy) is 1. The van der Waals surface area contributed by atoms with Gasteiger partial charge < -0.3 is 15.0 Å². The van der Waals surface area contributed by atoms with Crippen LogP contribution in [0.5, 0.6) is 0 Å². The van der Waals surface area contributed by atoms with Crippen molar-refractivity contribution in [3.05, 3.63) is 18.2 Å². The second kappa shape index (κ2) is 8.24. The number of nitrogens with zero attached hydrogens (tertiary/aromatic N) is 2. The van der Waals surface area contributed by atoms with Crippen LogP contribution in [0.2, 0.25) is 0 Å². The van der Waals surface area contributed by atoms with Crippen LogP contribution in [-0.4, -0.2) is 48.6 Å². The van der Waals surface area contributed by atoms with Gasteiger partial charge in [0.05, 0.1) is 0 Å². The van der Waals surface area contributed by atoms with Gasteiger partial charge in [-0.25, -0.2) is 23.3 Å². The van der Waals surface area contributed by atoms with Crippen LogP contribution in [0.3, 0.4) is 0 Å². The smallest absolute Gasteiger partial charge is 0.410 e. The molecule has 0 saturated carbocycles. The number of anilines is 1. The van der Waals surface area contributed by atoms with Gasteiger partial charge in [-0.2, -0.15) is 0 Å². The summed E-state index contributed by atoms with van der Waals surface area (Å²) in [6, 6.07) is 4.34. The molecule has 0 bridgehead atoms. The highest BCUT2D eigenvalue weighted by Crippen LogP contribution is 2.36. The number of amides is 1. The monoisotopic (exact) mass is 418 g/mol. The second-order valence-electron chi connectivity index (χ2n) is 8.00. The molecule has 1 atom stereocenters. The molecule has 0 spiro atoms. The van der Waals surface area contributed by atoms with Crippen molar-refractivity contribution in [1.29, 1.82) is 0 Å². The van der Waals surface area contributed by atoms with Gasteiger partial charge in [-0.15, -0.1) is 0 Å². The Labute approximate surface area is 176 Å². The third kappa shape index (κ3) is 6.34. The first-order valence-corrected chi connectivity index (χ1v) is 10.6. The summed E-state index contributed by atoms with van der Waals surface area (Å²) in [7, 11) is -3.94. The fraction of sp³-hybridized carbons (Fsp3) is 0.684. The molecule has 1 aliphatic heterocycles. The molecule has 1 fully saturated rings. The van der Waals surface area contributed by atoms with Crippen LogP contribution in [0.15, 0.2) is 23.2 Å². The Balaban J connectivity index is 2.15. The summed E-state index contributed by atoms with van der Waals surface area (Å²) < 4.78 is 76.3. The number of aromatic nitrogens is 1. The molecule has 3 N–H and O–H groups in total. The zero-order valence-electron chi connectivity index (χ0n) is 22.4. The number of likely N-dealkylation sites (tertiary alicyclic amines) is 1. The van der Waals surface area contributed by atoms with Crippen LogP contribution in [-0.2, 0) is 14.8 Å². The van der Waals surface area contributed by atoms with Gasteiger partial charge in [0.2, 0.25) is 0 Å². The van der Waals surface area contributed by atoms with Crippen LogP contribution < -0.4 is 10.5 Å². The van der Waals surface area contributed by atoms with Gasteiger partial charge in [-0.05, 0) is 71.8 Å². The van der Waals surface area contributed by atoms with Crippen molar-refractivity contribution in [3.8, 4) is 0 Å². The zero-order valence-corrected chi connectivity index (χ0v) is 17.2. The molecular weight excluding hydrogens is 380 g/mol. The van der Waals surface area contributed by atoms with Crippen molar-refractivity contribution < 1.29 is 26.2 Å². The molecule has 8 nitrogen and oxygen atoms in total. The average molecular weight is 419 g/mol. The Morgan fingerprint density at radius 2 is 2.18 bits per heavy atom. The van der Waals surface area contributed by atoms with Gasteiger partial charge in [0.1, 0.15) is 11.4 Å². The summed E-state index contributed by atoms with van der Waals surface area (Å²) in [4.78, 5) is 17.7. The molecular formula is C19H32N4O4S. The molecule has 0 radical (unpaired) electrons. The third-order valence-corrected chi connectivity index (χ3v) is 5.02. The highest BCUT2D eigenvalue weighted by Gasteiger charge is 2.42. The van der Waals surface area contributed by atoms with Crippen molar-refractivity contribution in [1.82, 2.24) is 9.88 Å². The van der Waals surface area contributed by atoms with E-state index in [0.717, 1.165) is 4.90 Å². The number of hydrogen-bond donors (Lipinski definition) is 2. The van der Waals surface area contributed by atoms with Crippen LogP contribution in [0.1, 0.15) is 62.0 Å². The largest absolute Gasteiger partial charge is 0.444 e. The van der Waals surface area contributed by atoms with Crippen LogP contribution in [0.25, 0.3) is 0 Å². The summed E-state index contributed by atoms with van der Waals surface area (Å²) in [5.41, 5.74) is -3.28. The highest BCUT2D eigenvalue weighted by atomic mass is 32.2. The molecule has 1 aromatic rings. The van der Waals surface area contributed by atoms with E-state index in [1.54, 1.807) is 26.8 Å². The molecule has 1 aliphatic rings. The van der Waals surface area contributed by atoms with Gasteiger partial charge in [0.25, 0.3) is 10.0 Å². The number of rotatable bonds is 6. The fourth-order valence-electron chi connectivity index (χ4n) is 3.03. The van der Waals surface area contributed by atoms with E-state index in [9.17, 15) is 13.2 Å². The summed E-state index contributed by atoms with van der Waals surface area (Å²) in [6.07, 6.45) is -0.274. The van der Waals surface area contributed by atoms with E-state index in [1.807, 2.05) is 0 Å². The Kier molecular flexibility index (Phi) is 4.43. The van der Waals surface area contributed by atoms with E-state index in [4.69, 9.17) is 18.1 Å². The highest BCUT2D eigenvalue weighted by molar-refractivity contribution is 7.89. The normalized spacial score (nSPS) is 23.6. The maximum Gasteiger partial charge on any atom is 0.410 e. The van der Waals surface area contributed by atoms with E-state index >= 15 is 0 Å². The topological polar surface area (TPSA) is 115 Å². The van der Waals surface area contributed by atoms with Crippen LogP contribution in [0, 0.1) is 5.92 Å². The van der Waals surface area contributed by atoms with E-state index in [0.29, 0.717) is 25.2 Å². The molecule has 0 aromatic carbocycles. The third-order valence-electron chi connectivity index (χ3n) is 4.21. The number of nitrogens with one attached hydrogen (secondary N) is 1. The Hall–Kier alpha value is -1.87. The number of primary sulfonamides is 1. The van der Waals surface area contributed by atoms with Gasteiger partial charge in [0.15, 0.2) is 5.03 Å². The van der Waals surface area contributed by atoms with Gasteiger partial charge >= 0.3 is 6.09 Å². The first-order chi connectivity index (χ1) is 15.3. The predicted molar refractivity (Wildman–Crippen MR) is 108 cm³/mol. The molecule has 9 heteroatoms. The molecule has 2 rings (SSSR count). The number of nitrogens with two attached hydrogens (primary N) is 1. The van der Waals surface area contributed by atoms with E-state index in [-0.39, 0.29) is 23.9 Å². The lowest BCUT2D eigenvalue weighted by molar-refractivity contribution is 0.0131. The summed E-state index contributed by atoms with van der Waals surface area (Å²) in [5, 5.41) is 7.77. The molecule has 2 heterocycles. The first-order valence-electron chi connectivity index (χ1n) is 12.0. The molecule has 0 unspecified atom stereocenters. The Bertz CT molecular complexity index is 978. The molecule has 1 aromatic heterocycles. The summed E-state index contributed by atoms with van der Waals surface area (Å²) in [6.45, 7) is -0.760. The first kappa shape index (κ1) is 15.0. The Morgan fingerprint density at radius 1 is 1.46 bits per heavy atom. The quantitative estimate of drug-likeness (QED) is 0.686.